The van der Waals surface area contributed by atoms with Crippen molar-refractivity contribution in [1.29, 1.82) is 0 Å². The van der Waals surface area contributed by atoms with Crippen LogP contribution >= 0.6 is 0 Å². The molecule has 4 heterocycles. The second-order valence-electron chi connectivity index (χ2n) is 9.82. The Morgan fingerprint density at radius 3 is 2.64 bits per heavy atom. The molecule has 0 fully saturated rings. The lowest BCUT2D eigenvalue weighted by Crippen LogP contribution is -2.12. The first-order valence-electron chi connectivity index (χ1n) is 13.6. The fourth-order valence-corrected chi connectivity index (χ4v) is 4.78. The molecule has 0 radical (unpaired) electrons. The second kappa shape index (κ2) is 11.5. The van der Waals surface area contributed by atoms with Gasteiger partial charge in [0.2, 0.25) is 11.8 Å². The number of benzene rings is 2. The minimum Gasteiger partial charge on any atom is -0.478 e. The van der Waals surface area contributed by atoms with Gasteiger partial charge in [-0.3, -0.25) is 9.78 Å². The quantitative estimate of drug-likeness (QED) is 0.213. The second-order valence-corrected chi connectivity index (χ2v) is 9.82. The van der Waals surface area contributed by atoms with E-state index in [0.29, 0.717) is 29.7 Å². The maximum absolute atomic E-state index is 13.3. The van der Waals surface area contributed by atoms with Gasteiger partial charge in [0.05, 0.1) is 17.8 Å². The summed E-state index contributed by atoms with van der Waals surface area (Å²) in [5.41, 5.74) is 7.62. The first kappa shape index (κ1) is 26.6. The monoisotopic (exact) mass is 555 g/mol. The fraction of sp³-hybridized carbons (Fsp3) is 0.121. The van der Waals surface area contributed by atoms with Gasteiger partial charge in [-0.05, 0) is 67.9 Å². The predicted molar refractivity (Wildman–Crippen MR) is 165 cm³/mol. The summed E-state index contributed by atoms with van der Waals surface area (Å²) >= 11 is 0. The summed E-state index contributed by atoms with van der Waals surface area (Å²) in [5, 5.41) is 7.37. The zero-order chi connectivity index (χ0) is 29.1. The minimum atomic E-state index is -0.215. The molecule has 42 heavy (non-hydrogen) atoms. The highest BCUT2D eigenvalue weighted by atomic mass is 16.5. The molecular formula is C33H29N7O2. The van der Waals surface area contributed by atoms with Gasteiger partial charge in [0.1, 0.15) is 0 Å². The maximum Gasteiger partial charge on any atom is 0.255 e. The van der Waals surface area contributed by atoms with Gasteiger partial charge in [0.25, 0.3) is 5.91 Å². The van der Waals surface area contributed by atoms with Crippen LogP contribution in [0.2, 0.25) is 0 Å². The Morgan fingerprint density at radius 1 is 0.952 bits per heavy atom. The van der Waals surface area contributed by atoms with Crippen LogP contribution in [0.4, 0.5) is 17.3 Å². The molecule has 2 N–H and O–H groups in total. The molecule has 208 valence electrons. The van der Waals surface area contributed by atoms with Crippen LogP contribution in [0.15, 0.2) is 97.7 Å². The van der Waals surface area contributed by atoms with Crippen molar-refractivity contribution in [3.8, 4) is 28.3 Å². The third kappa shape index (κ3) is 5.53. The number of carbonyl (C=O) groups is 1. The minimum absolute atomic E-state index is 0.215. The molecule has 0 aliphatic carbocycles. The molecule has 6 aromatic rings. The number of carbonyl (C=O) groups excluding carboxylic acids is 1. The summed E-state index contributed by atoms with van der Waals surface area (Å²) in [4.78, 5) is 30.9. The molecule has 9 nitrogen and oxygen atoms in total. The van der Waals surface area contributed by atoms with Crippen LogP contribution in [0, 0.1) is 6.92 Å². The standard InChI is InChI=1S/C33H29N7O2/c1-4-42-31-12-9-23(19-36-31)27-20-40(3)30-17-25(10-11-26(27)30)37-32(41)22-8-7-21(2)29(16-22)39-33-35-15-13-28(38-33)24-6-5-14-34-18-24/h5-20H,4H2,1-3H3,(H,37,41)(H,35,38,39). The van der Waals surface area contributed by atoms with Crippen LogP contribution in [0.3, 0.4) is 0 Å². The van der Waals surface area contributed by atoms with Crippen LogP contribution in [-0.2, 0) is 7.05 Å². The van der Waals surface area contributed by atoms with Gasteiger partial charge in [0.15, 0.2) is 0 Å². The van der Waals surface area contributed by atoms with Crippen LogP contribution in [0.1, 0.15) is 22.8 Å². The van der Waals surface area contributed by atoms with Crippen LogP contribution < -0.4 is 15.4 Å². The number of aryl methyl sites for hydroxylation is 2. The van der Waals surface area contributed by atoms with Crippen molar-refractivity contribution in [2.75, 3.05) is 17.2 Å². The molecule has 0 saturated carbocycles. The molecular weight excluding hydrogens is 526 g/mol. The van der Waals surface area contributed by atoms with Crippen molar-refractivity contribution in [2.45, 2.75) is 13.8 Å². The van der Waals surface area contributed by atoms with E-state index in [-0.39, 0.29) is 5.91 Å². The maximum atomic E-state index is 13.3. The molecule has 0 bridgehead atoms. The highest BCUT2D eigenvalue weighted by Crippen LogP contribution is 2.32. The Hall–Kier alpha value is -5.57. The van der Waals surface area contributed by atoms with Crippen LogP contribution in [0.25, 0.3) is 33.3 Å². The van der Waals surface area contributed by atoms with E-state index >= 15 is 0 Å². The van der Waals surface area contributed by atoms with E-state index < -0.39 is 0 Å². The van der Waals surface area contributed by atoms with E-state index in [1.54, 1.807) is 24.7 Å². The summed E-state index contributed by atoms with van der Waals surface area (Å²) < 4.78 is 7.52. The lowest BCUT2D eigenvalue weighted by molar-refractivity contribution is 0.102. The van der Waals surface area contributed by atoms with E-state index in [2.05, 4.69) is 36.8 Å². The number of hydrogen-bond donors (Lipinski definition) is 2. The van der Waals surface area contributed by atoms with Crippen molar-refractivity contribution in [3.05, 3.63) is 109 Å². The normalized spacial score (nSPS) is 10.9. The van der Waals surface area contributed by atoms with Gasteiger partial charge >= 0.3 is 0 Å². The van der Waals surface area contributed by atoms with Crippen LogP contribution in [0.5, 0.6) is 5.88 Å². The number of nitrogens with zero attached hydrogens (tertiary/aromatic N) is 5. The molecule has 0 spiro atoms. The highest BCUT2D eigenvalue weighted by Gasteiger charge is 2.14. The van der Waals surface area contributed by atoms with Crippen molar-refractivity contribution in [3.63, 3.8) is 0 Å². The van der Waals surface area contributed by atoms with Gasteiger partial charge < -0.3 is 19.9 Å². The summed E-state index contributed by atoms with van der Waals surface area (Å²) in [6.45, 7) is 4.48. The SMILES string of the molecule is CCOc1ccc(-c2cn(C)c3cc(NC(=O)c4ccc(C)c(Nc5nccc(-c6cccnc6)n5)c4)ccc23)cn1. The molecule has 2 aromatic carbocycles. The number of pyridine rings is 2. The zero-order valence-corrected chi connectivity index (χ0v) is 23.5. The molecule has 9 heteroatoms. The Balaban J connectivity index is 1.21. The summed E-state index contributed by atoms with van der Waals surface area (Å²) in [6.07, 6.45) is 9.06. The van der Waals surface area contributed by atoms with Crippen LogP contribution in [-0.4, -0.2) is 37.0 Å². The number of aromatic nitrogens is 5. The lowest BCUT2D eigenvalue weighted by atomic mass is 10.1. The summed E-state index contributed by atoms with van der Waals surface area (Å²) in [6, 6.07) is 21.0. The van der Waals surface area contributed by atoms with Gasteiger partial charge in [0, 0.05) is 83.1 Å². The van der Waals surface area contributed by atoms with Crippen molar-refractivity contribution in [2.24, 2.45) is 7.05 Å². The number of nitrogens with one attached hydrogen (secondary N) is 2. The predicted octanol–water partition coefficient (Wildman–Crippen LogP) is 6.80. The number of anilines is 3. The molecule has 1 amide bonds. The molecule has 0 aliphatic heterocycles. The van der Waals surface area contributed by atoms with Crippen molar-refractivity contribution < 1.29 is 9.53 Å². The molecule has 0 unspecified atom stereocenters. The molecule has 0 atom stereocenters. The summed E-state index contributed by atoms with van der Waals surface area (Å²) in [5.74, 6) is 0.823. The number of ether oxygens (including phenoxy) is 1. The van der Waals surface area contributed by atoms with Gasteiger partial charge in [-0.1, -0.05) is 12.1 Å². The lowest BCUT2D eigenvalue weighted by Gasteiger charge is -2.12. The molecule has 0 saturated heterocycles. The van der Waals surface area contributed by atoms with E-state index in [0.717, 1.165) is 44.5 Å². The Morgan fingerprint density at radius 2 is 1.86 bits per heavy atom. The van der Waals surface area contributed by atoms with Gasteiger partial charge in [-0.15, -0.1) is 0 Å². The van der Waals surface area contributed by atoms with Crippen molar-refractivity contribution in [1.82, 2.24) is 24.5 Å². The highest BCUT2D eigenvalue weighted by molar-refractivity contribution is 6.06. The Bertz CT molecular complexity index is 1880. The van der Waals surface area contributed by atoms with E-state index in [9.17, 15) is 4.79 Å². The summed E-state index contributed by atoms with van der Waals surface area (Å²) in [7, 11) is 1.99. The first-order chi connectivity index (χ1) is 20.5. The average molecular weight is 556 g/mol. The molecule has 6 rings (SSSR count). The smallest absolute Gasteiger partial charge is 0.255 e. The Labute approximate surface area is 243 Å². The zero-order valence-electron chi connectivity index (χ0n) is 23.5. The third-order valence-electron chi connectivity index (χ3n) is 6.95. The van der Waals surface area contributed by atoms with Gasteiger partial charge in [-0.25, -0.2) is 15.0 Å². The van der Waals surface area contributed by atoms with E-state index in [4.69, 9.17) is 4.74 Å². The first-order valence-corrected chi connectivity index (χ1v) is 13.6. The topological polar surface area (TPSA) is 107 Å². The third-order valence-corrected chi connectivity index (χ3v) is 6.95. The number of hydrogen-bond acceptors (Lipinski definition) is 7. The fourth-order valence-electron chi connectivity index (χ4n) is 4.78. The largest absolute Gasteiger partial charge is 0.478 e. The van der Waals surface area contributed by atoms with Gasteiger partial charge in [-0.2, -0.15) is 0 Å². The number of fused-ring (bicyclic) bond motifs is 1. The van der Waals surface area contributed by atoms with Crippen molar-refractivity contribution >= 4 is 34.1 Å². The Kier molecular flexibility index (Phi) is 7.30. The molecule has 0 aliphatic rings. The van der Waals surface area contributed by atoms with E-state index in [1.807, 2.05) is 92.3 Å². The number of rotatable bonds is 8. The molecule has 4 aromatic heterocycles. The van der Waals surface area contributed by atoms with E-state index in [1.165, 1.54) is 0 Å². The average Bonchev–Trinajstić information content (AvgIpc) is 3.35. The number of amides is 1.